The lowest BCUT2D eigenvalue weighted by atomic mass is 9.90. The van der Waals surface area contributed by atoms with Gasteiger partial charge in [-0.05, 0) is 38.1 Å². The Morgan fingerprint density at radius 3 is 2.50 bits per heavy atom. The number of ketones is 1. The van der Waals surface area contributed by atoms with Crippen LogP contribution in [0.5, 0.6) is 0 Å². The molecule has 0 saturated carbocycles. The SMILES string of the molecule is CCOC(=O)[C@@]12c3cc(C)ccc3S(=O)(=O)N1[C@H]2C(=O)c1ccc(Cl)c(Cl)c1. The highest BCUT2D eigenvalue weighted by molar-refractivity contribution is 7.90. The number of fused-ring (bicyclic) bond motifs is 3. The van der Waals surface area contributed by atoms with Crippen LogP contribution in [0.2, 0.25) is 10.0 Å². The molecule has 0 spiro atoms. The van der Waals surface area contributed by atoms with Crippen molar-refractivity contribution in [2.45, 2.75) is 30.3 Å². The highest BCUT2D eigenvalue weighted by atomic mass is 35.5. The standard InChI is InChI=1S/C19H15Cl2NO5S/c1-3-27-18(24)19-12-8-10(2)4-7-15(12)28(25,26)22(19)17(19)16(23)11-5-6-13(20)14(21)9-11/h4-9,17H,3H2,1-2H3/t17-,19-,22?/m0/s1. The predicted molar refractivity (Wildman–Crippen MR) is 103 cm³/mol. The normalized spacial score (nSPS) is 26.3. The fourth-order valence-corrected chi connectivity index (χ4v) is 6.17. The number of esters is 1. The maximum absolute atomic E-state index is 13.2. The molecular weight excluding hydrogens is 425 g/mol. The fraction of sp³-hybridized carbons (Fsp3) is 0.263. The number of benzene rings is 2. The molecule has 146 valence electrons. The molecule has 2 aliphatic rings. The van der Waals surface area contributed by atoms with Gasteiger partial charge in [-0.15, -0.1) is 0 Å². The van der Waals surface area contributed by atoms with Crippen molar-refractivity contribution in [3.63, 3.8) is 0 Å². The van der Waals surface area contributed by atoms with E-state index in [0.717, 1.165) is 9.87 Å². The van der Waals surface area contributed by atoms with Gasteiger partial charge in [0.25, 0.3) is 0 Å². The molecule has 2 aromatic rings. The van der Waals surface area contributed by atoms with Crippen molar-refractivity contribution in [2.75, 3.05) is 6.61 Å². The largest absolute Gasteiger partial charge is 0.464 e. The number of halogens is 2. The maximum Gasteiger partial charge on any atom is 0.334 e. The Bertz CT molecular complexity index is 1150. The molecule has 0 radical (unpaired) electrons. The van der Waals surface area contributed by atoms with E-state index >= 15 is 0 Å². The summed E-state index contributed by atoms with van der Waals surface area (Å²) in [5.41, 5.74) is -0.474. The fourth-order valence-electron chi connectivity index (χ4n) is 3.79. The lowest BCUT2D eigenvalue weighted by Crippen LogP contribution is -2.30. The molecule has 4 rings (SSSR count). The van der Waals surface area contributed by atoms with Gasteiger partial charge in [-0.1, -0.05) is 40.9 Å². The average molecular weight is 440 g/mol. The third-order valence-electron chi connectivity index (χ3n) is 5.03. The van der Waals surface area contributed by atoms with Crippen molar-refractivity contribution in [2.24, 2.45) is 0 Å². The highest BCUT2D eigenvalue weighted by Gasteiger charge is 2.82. The van der Waals surface area contributed by atoms with Gasteiger partial charge >= 0.3 is 5.97 Å². The van der Waals surface area contributed by atoms with Crippen LogP contribution in [0.25, 0.3) is 0 Å². The number of hydrogen-bond donors (Lipinski definition) is 0. The summed E-state index contributed by atoms with van der Waals surface area (Å²) in [6, 6.07) is 7.77. The second-order valence-electron chi connectivity index (χ2n) is 6.68. The van der Waals surface area contributed by atoms with Crippen LogP contribution in [-0.4, -0.2) is 37.1 Å². The highest BCUT2D eigenvalue weighted by Crippen LogP contribution is 2.62. The Labute approximate surface area is 172 Å². The summed E-state index contributed by atoms with van der Waals surface area (Å²) in [6.07, 6.45) is 0. The summed E-state index contributed by atoms with van der Waals surface area (Å²) in [6.45, 7) is 3.47. The Balaban J connectivity index is 1.89. The van der Waals surface area contributed by atoms with Gasteiger partial charge in [-0.2, -0.15) is 4.31 Å². The minimum absolute atomic E-state index is 0.0179. The number of Topliss-reactive ketones (excluding diaryl/α,β-unsaturated/α-hetero) is 1. The van der Waals surface area contributed by atoms with Crippen molar-refractivity contribution in [1.82, 2.24) is 4.31 Å². The first-order chi connectivity index (χ1) is 13.2. The molecule has 28 heavy (non-hydrogen) atoms. The second kappa shape index (κ2) is 6.29. The Morgan fingerprint density at radius 2 is 1.86 bits per heavy atom. The van der Waals surface area contributed by atoms with Crippen LogP contribution in [0, 0.1) is 6.92 Å². The average Bonchev–Trinajstić information content (AvgIpc) is 3.30. The smallest absolute Gasteiger partial charge is 0.334 e. The topological polar surface area (TPSA) is 80.5 Å². The van der Waals surface area contributed by atoms with Crippen molar-refractivity contribution >= 4 is 45.0 Å². The van der Waals surface area contributed by atoms with E-state index in [9.17, 15) is 18.0 Å². The zero-order valence-electron chi connectivity index (χ0n) is 14.9. The molecular formula is C19H15Cl2NO5S. The molecule has 0 aromatic heterocycles. The first-order valence-corrected chi connectivity index (χ1v) is 10.7. The molecule has 1 saturated heterocycles. The van der Waals surface area contributed by atoms with Gasteiger partial charge in [0.05, 0.1) is 21.5 Å². The molecule has 0 amide bonds. The van der Waals surface area contributed by atoms with E-state index in [0.29, 0.717) is 0 Å². The van der Waals surface area contributed by atoms with Crippen LogP contribution >= 0.6 is 23.2 Å². The minimum Gasteiger partial charge on any atom is -0.464 e. The molecule has 0 N–H and O–H groups in total. The number of nitrogens with zero attached hydrogens (tertiary/aromatic N) is 1. The third-order valence-corrected chi connectivity index (χ3v) is 7.70. The van der Waals surface area contributed by atoms with Crippen molar-refractivity contribution in [3.8, 4) is 0 Å². The van der Waals surface area contributed by atoms with Crippen molar-refractivity contribution in [1.29, 1.82) is 0 Å². The summed E-state index contributed by atoms with van der Waals surface area (Å²) in [4.78, 5) is 26.1. The van der Waals surface area contributed by atoms with Gasteiger partial charge in [0, 0.05) is 11.1 Å². The van der Waals surface area contributed by atoms with E-state index in [1.165, 1.54) is 24.3 Å². The van der Waals surface area contributed by atoms with Gasteiger partial charge in [0.1, 0.15) is 6.04 Å². The lowest BCUT2D eigenvalue weighted by molar-refractivity contribution is -0.147. The van der Waals surface area contributed by atoms with Gasteiger partial charge in [0.15, 0.2) is 11.3 Å². The van der Waals surface area contributed by atoms with Crippen LogP contribution in [0.4, 0.5) is 0 Å². The number of carbonyl (C=O) groups excluding carboxylic acids is 2. The molecule has 2 aromatic carbocycles. The summed E-state index contributed by atoms with van der Waals surface area (Å²) in [5, 5.41) is 0.431. The van der Waals surface area contributed by atoms with E-state index in [-0.39, 0.29) is 32.7 Å². The Kier molecular flexibility index (Phi) is 4.35. The zero-order valence-corrected chi connectivity index (χ0v) is 17.2. The number of rotatable bonds is 4. The van der Waals surface area contributed by atoms with Crippen LogP contribution in [0.15, 0.2) is 41.3 Å². The third kappa shape index (κ3) is 2.40. The summed E-state index contributed by atoms with van der Waals surface area (Å²) >= 11 is 11.9. The molecule has 3 atom stereocenters. The minimum atomic E-state index is -4.02. The number of ether oxygens (including phenoxy) is 1. The number of hydrogen-bond acceptors (Lipinski definition) is 5. The van der Waals surface area contributed by atoms with Crippen LogP contribution in [0.3, 0.4) is 0 Å². The monoisotopic (exact) mass is 439 g/mol. The number of sulfonamides is 1. The van der Waals surface area contributed by atoms with Gasteiger partial charge in [-0.25, -0.2) is 13.2 Å². The summed E-state index contributed by atoms with van der Waals surface area (Å²) in [5.74, 6) is -1.30. The molecule has 9 heteroatoms. The van der Waals surface area contributed by atoms with Crippen molar-refractivity contribution in [3.05, 3.63) is 63.1 Å². The van der Waals surface area contributed by atoms with Crippen LogP contribution < -0.4 is 0 Å². The number of carbonyl (C=O) groups is 2. The quantitative estimate of drug-likeness (QED) is 0.414. The van der Waals surface area contributed by atoms with Gasteiger partial charge in [0.2, 0.25) is 10.0 Å². The summed E-state index contributed by atoms with van der Waals surface area (Å²) in [7, 11) is -4.02. The van der Waals surface area contributed by atoms with Crippen LogP contribution in [0.1, 0.15) is 28.4 Å². The first kappa shape index (κ1) is 19.4. The number of aryl methyl sites for hydroxylation is 1. The predicted octanol–water partition coefficient (Wildman–Crippen LogP) is 3.33. The maximum atomic E-state index is 13.2. The van der Waals surface area contributed by atoms with Gasteiger partial charge in [-0.3, -0.25) is 4.79 Å². The molecule has 0 aliphatic carbocycles. The second-order valence-corrected chi connectivity index (χ2v) is 9.28. The Hall–Kier alpha value is -1.93. The summed E-state index contributed by atoms with van der Waals surface area (Å²) < 4.78 is 32.2. The van der Waals surface area contributed by atoms with Crippen molar-refractivity contribution < 1.29 is 22.7 Å². The molecule has 6 nitrogen and oxygen atoms in total. The Morgan fingerprint density at radius 1 is 1.14 bits per heavy atom. The van der Waals surface area contributed by atoms with E-state index in [4.69, 9.17) is 27.9 Å². The molecule has 0 bridgehead atoms. The van der Waals surface area contributed by atoms with Crippen LogP contribution in [-0.2, 0) is 25.1 Å². The van der Waals surface area contributed by atoms with E-state index in [1.807, 2.05) is 0 Å². The first-order valence-electron chi connectivity index (χ1n) is 8.49. The van der Waals surface area contributed by atoms with E-state index in [1.54, 1.807) is 26.0 Å². The van der Waals surface area contributed by atoms with E-state index in [2.05, 4.69) is 0 Å². The lowest BCUT2D eigenvalue weighted by Gasteiger charge is -2.14. The molecule has 2 heterocycles. The van der Waals surface area contributed by atoms with E-state index < -0.39 is 33.4 Å². The molecule has 1 fully saturated rings. The zero-order chi connectivity index (χ0) is 20.4. The molecule has 2 aliphatic heterocycles. The van der Waals surface area contributed by atoms with Gasteiger partial charge < -0.3 is 4.74 Å². The molecule has 1 unspecified atom stereocenters.